The third kappa shape index (κ3) is 3.98. The zero-order chi connectivity index (χ0) is 15.5. The van der Waals surface area contributed by atoms with E-state index in [-0.39, 0.29) is 0 Å². The van der Waals surface area contributed by atoms with Gasteiger partial charge in [-0.2, -0.15) is 13.2 Å². The second-order valence-corrected chi connectivity index (χ2v) is 5.37. The lowest BCUT2D eigenvalue weighted by atomic mass is 10.1. The molecule has 0 bridgehead atoms. The van der Waals surface area contributed by atoms with Gasteiger partial charge < -0.3 is 11.1 Å². The van der Waals surface area contributed by atoms with Gasteiger partial charge in [0.05, 0.1) is 5.56 Å². The first kappa shape index (κ1) is 15.9. The van der Waals surface area contributed by atoms with Crippen LogP contribution in [0.25, 0.3) is 0 Å². The van der Waals surface area contributed by atoms with Crippen molar-refractivity contribution in [2.45, 2.75) is 19.3 Å². The van der Waals surface area contributed by atoms with Crippen molar-refractivity contribution in [1.82, 2.24) is 0 Å². The summed E-state index contributed by atoms with van der Waals surface area (Å²) < 4.78 is 38.2. The van der Waals surface area contributed by atoms with E-state index in [4.69, 9.17) is 5.73 Å². The maximum Gasteiger partial charge on any atom is 0.416 e. The Morgan fingerprint density at radius 3 is 2.29 bits per heavy atom. The van der Waals surface area contributed by atoms with Crippen LogP contribution < -0.4 is 11.1 Å². The van der Waals surface area contributed by atoms with Gasteiger partial charge in [-0.15, -0.1) is 0 Å². The number of benzene rings is 2. The first-order valence-corrected chi connectivity index (χ1v) is 7.08. The molecule has 0 aliphatic carbocycles. The maximum atomic E-state index is 12.6. The van der Waals surface area contributed by atoms with Crippen LogP contribution in [-0.4, -0.2) is 0 Å². The van der Waals surface area contributed by atoms with Crippen LogP contribution >= 0.6 is 15.9 Å². The van der Waals surface area contributed by atoms with Crippen molar-refractivity contribution in [2.75, 3.05) is 5.32 Å². The van der Waals surface area contributed by atoms with E-state index < -0.39 is 11.7 Å². The number of anilines is 1. The van der Waals surface area contributed by atoms with E-state index in [1.807, 2.05) is 24.3 Å². The van der Waals surface area contributed by atoms with Crippen molar-refractivity contribution in [3.63, 3.8) is 0 Å². The summed E-state index contributed by atoms with van der Waals surface area (Å²) in [6.45, 7) is 0.920. The van der Waals surface area contributed by atoms with Crippen molar-refractivity contribution in [1.29, 1.82) is 0 Å². The normalized spacial score (nSPS) is 11.5. The number of rotatable bonds is 4. The van der Waals surface area contributed by atoms with Crippen LogP contribution in [0.1, 0.15) is 16.7 Å². The van der Waals surface area contributed by atoms with Gasteiger partial charge >= 0.3 is 6.18 Å². The molecule has 0 spiro atoms. The van der Waals surface area contributed by atoms with Gasteiger partial charge in [0.25, 0.3) is 0 Å². The summed E-state index contributed by atoms with van der Waals surface area (Å²) in [5, 5.41) is 3.11. The van der Waals surface area contributed by atoms with E-state index in [1.54, 1.807) is 0 Å². The molecule has 0 fully saturated rings. The first-order chi connectivity index (χ1) is 9.91. The van der Waals surface area contributed by atoms with Crippen LogP contribution in [-0.2, 0) is 19.3 Å². The molecule has 0 aliphatic rings. The summed E-state index contributed by atoms with van der Waals surface area (Å²) in [6.07, 6.45) is -4.34. The Hall–Kier alpha value is -1.53. The molecule has 0 radical (unpaired) electrons. The first-order valence-electron chi connectivity index (χ1n) is 6.29. The van der Waals surface area contributed by atoms with Crippen molar-refractivity contribution in [3.8, 4) is 0 Å². The van der Waals surface area contributed by atoms with Crippen LogP contribution in [0.5, 0.6) is 0 Å². The lowest BCUT2D eigenvalue weighted by Gasteiger charge is -2.13. The minimum Gasteiger partial charge on any atom is -0.380 e. The zero-order valence-electron chi connectivity index (χ0n) is 11.0. The number of nitrogens with one attached hydrogen (secondary N) is 1. The molecule has 2 aromatic carbocycles. The highest BCUT2D eigenvalue weighted by atomic mass is 79.9. The number of hydrogen-bond acceptors (Lipinski definition) is 2. The van der Waals surface area contributed by atoms with Crippen LogP contribution in [0.4, 0.5) is 18.9 Å². The molecule has 0 aliphatic heterocycles. The number of hydrogen-bond donors (Lipinski definition) is 2. The second kappa shape index (κ2) is 6.49. The Morgan fingerprint density at radius 2 is 1.71 bits per heavy atom. The molecule has 6 heteroatoms. The van der Waals surface area contributed by atoms with E-state index in [1.165, 1.54) is 6.07 Å². The zero-order valence-corrected chi connectivity index (χ0v) is 12.6. The molecular formula is C15H14BrF3N2. The van der Waals surface area contributed by atoms with Crippen molar-refractivity contribution in [3.05, 3.63) is 63.6 Å². The average Bonchev–Trinajstić information content (AvgIpc) is 2.45. The van der Waals surface area contributed by atoms with Crippen LogP contribution in [0.15, 0.2) is 46.9 Å². The Kier molecular flexibility index (Phi) is 4.90. The summed E-state index contributed by atoms with van der Waals surface area (Å²) in [6, 6.07) is 11.2. The largest absolute Gasteiger partial charge is 0.416 e. The topological polar surface area (TPSA) is 38.0 Å². The summed E-state index contributed by atoms with van der Waals surface area (Å²) in [5.41, 5.74) is 7.61. The summed E-state index contributed by atoms with van der Waals surface area (Å²) in [5.74, 6) is 0. The Morgan fingerprint density at radius 1 is 1.05 bits per heavy atom. The molecule has 2 aromatic rings. The highest BCUT2D eigenvalue weighted by Crippen LogP contribution is 2.34. The minimum absolute atomic E-state index is 0.377. The summed E-state index contributed by atoms with van der Waals surface area (Å²) in [7, 11) is 0. The Balaban J connectivity index is 2.14. The predicted molar refractivity (Wildman–Crippen MR) is 80.8 cm³/mol. The smallest absolute Gasteiger partial charge is 0.380 e. The van der Waals surface area contributed by atoms with Crippen molar-refractivity contribution < 1.29 is 13.2 Å². The second-order valence-electron chi connectivity index (χ2n) is 4.52. The lowest BCUT2D eigenvalue weighted by Crippen LogP contribution is -2.08. The molecular weight excluding hydrogens is 345 g/mol. The van der Waals surface area contributed by atoms with E-state index in [2.05, 4.69) is 21.2 Å². The number of alkyl halides is 3. The number of halogens is 4. The van der Waals surface area contributed by atoms with Gasteiger partial charge in [0.1, 0.15) is 0 Å². The summed E-state index contributed by atoms with van der Waals surface area (Å²) >= 11 is 3.16. The van der Waals surface area contributed by atoms with Crippen LogP contribution in [0.2, 0.25) is 0 Å². The molecule has 0 amide bonds. The summed E-state index contributed by atoms with van der Waals surface area (Å²) in [4.78, 5) is 0. The number of nitrogens with two attached hydrogens (primary N) is 1. The molecule has 21 heavy (non-hydrogen) atoms. The van der Waals surface area contributed by atoms with E-state index in [0.717, 1.165) is 23.3 Å². The van der Waals surface area contributed by atoms with Crippen molar-refractivity contribution >= 4 is 21.6 Å². The third-order valence-corrected chi connectivity index (χ3v) is 3.76. The monoisotopic (exact) mass is 358 g/mol. The lowest BCUT2D eigenvalue weighted by molar-refractivity contribution is -0.137. The molecule has 0 saturated carbocycles. The van der Waals surface area contributed by atoms with Gasteiger partial charge in [-0.05, 0) is 45.3 Å². The van der Waals surface area contributed by atoms with Crippen LogP contribution in [0.3, 0.4) is 0 Å². The van der Waals surface area contributed by atoms with E-state index in [0.29, 0.717) is 23.2 Å². The highest BCUT2D eigenvalue weighted by molar-refractivity contribution is 9.10. The quantitative estimate of drug-likeness (QED) is 0.841. The predicted octanol–water partition coefficient (Wildman–Crippen LogP) is 4.54. The molecule has 2 nitrogen and oxygen atoms in total. The fourth-order valence-corrected chi connectivity index (χ4v) is 2.47. The average molecular weight is 359 g/mol. The molecule has 0 unspecified atom stereocenters. The van der Waals surface area contributed by atoms with Crippen LogP contribution in [0, 0.1) is 0 Å². The van der Waals surface area contributed by atoms with Crippen molar-refractivity contribution in [2.24, 2.45) is 5.73 Å². The fraction of sp³-hybridized carbons (Fsp3) is 0.200. The standard InChI is InChI=1S/C15H14BrF3N2/c16-13-7-12(15(17,18)19)5-6-14(13)21-9-11-4-2-1-3-10(11)8-20/h1-7,21H,8-9,20H2. The SMILES string of the molecule is NCc1ccccc1CNc1ccc(C(F)(F)F)cc1Br. The van der Waals surface area contributed by atoms with Gasteiger partial charge in [-0.3, -0.25) is 0 Å². The minimum atomic E-state index is -4.34. The molecule has 0 atom stereocenters. The highest BCUT2D eigenvalue weighted by Gasteiger charge is 2.30. The van der Waals surface area contributed by atoms with Gasteiger partial charge in [-0.25, -0.2) is 0 Å². The fourth-order valence-electron chi connectivity index (χ4n) is 1.95. The molecule has 3 N–H and O–H groups in total. The van der Waals surface area contributed by atoms with E-state index >= 15 is 0 Å². The molecule has 0 aromatic heterocycles. The van der Waals surface area contributed by atoms with Gasteiger partial charge in [0.15, 0.2) is 0 Å². The molecule has 0 heterocycles. The Bertz CT molecular complexity index is 627. The van der Waals surface area contributed by atoms with Gasteiger partial charge in [0.2, 0.25) is 0 Å². The van der Waals surface area contributed by atoms with Gasteiger partial charge in [-0.1, -0.05) is 24.3 Å². The molecule has 2 rings (SSSR count). The third-order valence-electron chi connectivity index (χ3n) is 3.10. The molecule has 0 saturated heterocycles. The van der Waals surface area contributed by atoms with E-state index in [9.17, 15) is 13.2 Å². The maximum absolute atomic E-state index is 12.6. The Labute approximate surface area is 129 Å². The van der Waals surface area contributed by atoms with Gasteiger partial charge in [0, 0.05) is 23.2 Å². The molecule has 112 valence electrons.